The molecule has 1 fully saturated rings. The third kappa shape index (κ3) is 2.29. The van der Waals surface area contributed by atoms with E-state index in [4.69, 9.17) is 9.47 Å². The highest BCUT2D eigenvalue weighted by atomic mass is 19.1. The van der Waals surface area contributed by atoms with Crippen molar-refractivity contribution in [3.05, 3.63) is 24.7 Å². The first-order valence-corrected chi connectivity index (χ1v) is 7.38. The summed E-state index contributed by atoms with van der Waals surface area (Å²) < 4.78 is 25.3. The molecule has 4 heterocycles. The fraction of sp³-hybridized carbons (Fsp3) is 0.333. The SMILES string of the molecule is COc1ncc(-c2cc(N3CC(F)C3)c3nccn3n2)c(OC)n1. The van der Waals surface area contributed by atoms with Crippen molar-refractivity contribution in [1.29, 1.82) is 0 Å². The minimum absolute atomic E-state index is 0.211. The van der Waals surface area contributed by atoms with Gasteiger partial charge < -0.3 is 14.4 Å². The number of imidazole rings is 1. The molecule has 0 radical (unpaired) electrons. The molecule has 0 bridgehead atoms. The zero-order valence-electron chi connectivity index (χ0n) is 13.2. The first kappa shape index (κ1) is 14.6. The summed E-state index contributed by atoms with van der Waals surface area (Å²) in [5.41, 5.74) is 2.72. The van der Waals surface area contributed by atoms with Crippen LogP contribution in [0.4, 0.5) is 10.1 Å². The molecule has 0 aliphatic carbocycles. The van der Waals surface area contributed by atoms with E-state index < -0.39 is 6.17 Å². The lowest BCUT2D eigenvalue weighted by atomic mass is 10.1. The summed E-state index contributed by atoms with van der Waals surface area (Å²) in [6.07, 6.45) is 4.18. The molecular formula is C15H15FN6O2. The first-order valence-electron chi connectivity index (χ1n) is 7.38. The van der Waals surface area contributed by atoms with Gasteiger partial charge in [0.2, 0.25) is 5.88 Å². The Balaban J connectivity index is 1.85. The highest BCUT2D eigenvalue weighted by Crippen LogP contribution is 2.33. The fourth-order valence-corrected chi connectivity index (χ4v) is 2.67. The van der Waals surface area contributed by atoms with Gasteiger partial charge in [-0.3, -0.25) is 0 Å². The molecule has 0 atom stereocenters. The third-order valence-electron chi connectivity index (χ3n) is 3.90. The van der Waals surface area contributed by atoms with Gasteiger partial charge in [-0.15, -0.1) is 0 Å². The van der Waals surface area contributed by atoms with Crippen molar-refractivity contribution in [2.24, 2.45) is 0 Å². The van der Waals surface area contributed by atoms with Crippen LogP contribution in [0.25, 0.3) is 16.9 Å². The van der Waals surface area contributed by atoms with Crippen LogP contribution in [0.3, 0.4) is 0 Å². The van der Waals surface area contributed by atoms with Crippen molar-refractivity contribution in [1.82, 2.24) is 24.6 Å². The van der Waals surface area contributed by atoms with E-state index >= 15 is 0 Å². The van der Waals surface area contributed by atoms with Gasteiger partial charge in [0.25, 0.3) is 0 Å². The summed E-state index contributed by atoms with van der Waals surface area (Å²) in [6.45, 7) is 0.699. The molecule has 24 heavy (non-hydrogen) atoms. The summed E-state index contributed by atoms with van der Waals surface area (Å²) in [5.74, 6) is 0.353. The predicted octanol–water partition coefficient (Wildman–Crippen LogP) is 1.36. The second-order valence-corrected chi connectivity index (χ2v) is 5.39. The maximum Gasteiger partial charge on any atom is 0.319 e. The maximum atomic E-state index is 13.3. The van der Waals surface area contributed by atoms with Crippen LogP contribution in [-0.2, 0) is 0 Å². The Hall–Kier alpha value is -2.97. The van der Waals surface area contributed by atoms with Crippen LogP contribution in [0.1, 0.15) is 0 Å². The van der Waals surface area contributed by atoms with Crippen LogP contribution < -0.4 is 14.4 Å². The quantitative estimate of drug-likeness (QED) is 0.715. The normalized spacial score (nSPS) is 14.7. The second-order valence-electron chi connectivity index (χ2n) is 5.39. The van der Waals surface area contributed by atoms with E-state index in [1.54, 1.807) is 23.1 Å². The van der Waals surface area contributed by atoms with E-state index in [1.807, 2.05) is 11.0 Å². The molecule has 3 aromatic rings. The molecule has 8 nitrogen and oxygen atoms in total. The van der Waals surface area contributed by atoms with Crippen molar-refractivity contribution in [3.63, 3.8) is 0 Å². The summed E-state index contributed by atoms with van der Waals surface area (Å²) >= 11 is 0. The van der Waals surface area contributed by atoms with Gasteiger partial charge in [-0.05, 0) is 6.07 Å². The molecule has 0 N–H and O–H groups in total. The number of rotatable bonds is 4. The molecule has 0 spiro atoms. The van der Waals surface area contributed by atoms with E-state index in [9.17, 15) is 4.39 Å². The van der Waals surface area contributed by atoms with Crippen LogP contribution in [0.2, 0.25) is 0 Å². The molecule has 4 rings (SSSR count). The lowest BCUT2D eigenvalue weighted by Crippen LogP contribution is -2.48. The molecule has 3 aromatic heterocycles. The minimum atomic E-state index is -0.810. The lowest BCUT2D eigenvalue weighted by molar-refractivity contribution is 0.275. The Morgan fingerprint density at radius 3 is 2.75 bits per heavy atom. The summed E-state index contributed by atoms with van der Waals surface area (Å²) in [4.78, 5) is 14.5. The number of ether oxygens (including phenoxy) is 2. The number of methoxy groups -OCH3 is 2. The van der Waals surface area contributed by atoms with Crippen molar-refractivity contribution in [3.8, 4) is 23.1 Å². The Morgan fingerprint density at radius 1 is 1.21 bits per heavy atom. The Labute approximate surface area is 136 Å². The molecule has 1 aliphatic heterocycles. The Kier molecular flexibility index (Phi) is 3.40. The molecule has 124 valence electrons. The average molecular weight is 330 g/mol. The van der Waals surface area contributed by atoms with Crippen LogP contribution in [0, 0.1) is 0 Å². The number of hydrogen-bond donors (Lipinski definition) is 0. The molecular weight excluding hydrogens is 315 g/mol. The van der Waals surface area contributed by atoms with Crippen molar-refractivity contribution < 1.29 is 13.9 Å². The molecule has 1 aliphatic rings. The Bertz CT molecular complexity index is 893. The predicted molar refractivity (Wildman–Crippen MR) is 84.2 cm³/mol. The molecule has 0 saturated carbocycles. The molecule has 9 heteroatoms. The zero-order chi connectivity index (χ0) is 16.7. The van der Waals surface area contributed by atoms with Crippen molar-refractivity contribution in [2.45, 2.75) is 6.17 Å². The minimum Gasteiger partial charge on any atom is -0.480 e. The van der Waals surface area contributed by atoms with Gasteiger partial charge in [-0.2, -0.15) is 10.1 Å². The lowest BCUT2D eigenvalue weighted by Gasteiger charge is -2.36. The standard InChI is InChI=1S/C15H15FN6O2/c1-23-14-10(6-18-15(19-14)24-2)11-5-12(21-7-9(16)8-21)13-17-3-4-22(13)20-11/h3-6,9H,7-8H2,1-2H3. The fourth-order valence-electron chi connectivity index (χ4n) is 2.67. The van der Waals surface area contributed by atoms with E-state index in [0.717, 1.165) is 5.69 Å². The number of anilines is 1. The van der Waals surface area contributed by atoms with Crippen molar-refractivity contribution in [2.75, 3.05) is 32.2 Å². The van der Waals surface area contributed by atoms with Gasteiger partial charge >= 0.3 is 6.01 Å². The maximum absolute atomic E-state index is 13.3. The summed E-state index contributed by atoms with van der Waals surface area (Å²) in [7, 11) is 3.00. The van der Waals surface area contributed by atoms with E-state index in [1.165, 1.54) is 14.2 Å². The number of nitrogens with zero attached hydrogens (tertiary/aromatic N) is 6. The van der Waals surface area contributed by atoms with Gasteiger partial charge in [-0.1, -0.05) is 0 Å². The molecule has 0 amide bonds. The highest BCUT2D eigenvalue weighted by Gasteiger charge is 2.29. The number of hydrogen-bond acceptors (Lipinski definition) is 7. The van der Waals surface area contributed by atoms with E-state index in [-0.39, 0.29) is 6.01 Å². The summed E-state index contributed by atoms with van der Waals surface area (Å²) in [5, 5.41) is 4.52. The van der Waals surface area contributed by atoms with Crippen LogP contribution >= 0.6 is 0 Å². The number of fused-ring (bicyclic) bond motifs is 1. The average Bonchev–Trinajstić information content (AvgIpc) is 3.06. The monoisotopic (exact) mass is 330 g/mol. The molecule has 0 aromatic carbocycles. The number of aromatic nitrogens is 5. The topological polar surface area (TPSA) is 77.7 Å². The smallest absolute Gasteiger partial charge is 0.319 e. The van der Waals surface area contributed by atoms with Gasteiger partial charge in [-0.25, -0.2) is 18.9 Å². The van der Waals surface area contributed by atoms with Crippen LogP contribution in [0.5, 0.6) is 11.9 Å². The Morgan fingerprint density at radius 2 is 2.04 bits per heavy atom. The second kappa shape index (κ2) is 5.59. The molecule has 0 unspecified atom stereocenters. The van der Waals surface area contributed by atoms with Crippen LogP contribution in [0.15, 0.2) is 24.7 Å². The zero-order valence-corrected chi connectivity index (χ0v) is 13.2. The van der Waals surface area contributed by atoms with Gasteiger partial charge in [0, 0.05) is 18.6 Å². The van der Waals surface area contributed by atoms with Crippen molar-refractivity contribution >= 4 is 11.3 Å². The third-order valence-corrected chi connectivity index (χ3v) is 3.90. The van der Waals surface area contributed by atoms with E-state index in [0.29, 0.717) is 35.9 Å². The number of alkyl halides is 1. The van der Waals surface area contributed by atoms with Gasteiger partial charge in [0.05, 0.1) is 38.6 Å². The summed E-state index contributed by atoms with van der Waals surface area (Å²) in [6, 6.07) is 2.06. The first-order chi connectivity index (χ1) is 11.7. The highest BCUT2D eigenvalue weighted by molar-refractivity contribution is 5.76. The number of halogens is 1. The van der Waals surface area contributed by atoms with Gasteiger partial charge in [0.15, 0.2) is 5.65 Å². The largest absolute Gasteiger partial charge is 0.480 e. The molecule has 1 saturated heterocycles. The van der Waals surface area contributed by atoms with Gasteiger partial charge in [0.1, 0.15) is 11.9 Å². The van der Waals surface area contributed by atoms with E-state index in [2.05, 4.69) is 20.1 Å². The van der Waals surface area contributed by atoms with Crippen LogP contribution in [-0.4, -0.2) is 58.0 Å².